The summed E-state index contributed by atoms with van der Waals surface area (Å²) in [5, 5.41) is 2.59. The summed E-state index contributed by atoms with van der Waals surface area (Å²) in [5.41, 5.74) is 1.37. The van der Waals surface area contributed by atoms with Crippen LogP contribution < -0.4 is 0 Å². The second kappa shape index (κ2) is 7.83. The van der Waals surface area contributed by atoms with E-state index in [0.29, 0.717) is 17.4 Å². The number of hydrogen-bond donors (Lipinski definition) is 0. The lowest BCUT2D eigenvalue weighted by atomic mass is 9.97. The van der Waals surface area contributed by atoms with E-state index in [1.165, 1.54) is 22.8 Å². The third kappa shape index (κ3) is 3.92. The molecule has 0 spiro atoms. The third-order valence-corrected chi connectivity index (χ3v) is 7.32. The summed E-state index contributed by atoms with van der Waals surface area (Å²) in [5.74, 6) is 0.204. The molecule has 3 nitrogen and oxygen atoms in total. The highest BCUT2D eigenvalue weighted by molar-refractivity contribution is 7.91. The van der Waals surface area contributed by atoms with Gasteiger partial charge >= 0.3 is 0 Å². The van der Waals surface area contributed by atoms with Crippen molar-refractivity contribution in [3.63, 3.8) is 0 Å². The summed E-state index contributed by atoms with van der Waals surface area (Å²) < 4.78 is 25.0. The van der Waals surface area contributed by atoms with Crippen LogP contribution in [0.5, 0.6) is 0 Å². The fourth-order valence-corrected chi connectivity index (χ4v) is 5.51. The van der Waals surface area contributed by atoms with E-state index in [0.717, 1.165) is 19.5 Å². The maximum Gasteiger partial charge on any atom is 0.178 e. The molecule has 1 unspecified atom stereocenters. The highest BCUT2D eigenvalue weighted by atomic mass is 32.2. The Kier molecular flexibility index (Phi) is 5.28. The molecule has 4 heteroatoms. The standard InChI is InChI=1S/C23H25NO2S/c25-27(26,20-11-2-1-3-12-20)18-8-17-24-16-7-15-23(24)22-14-6-10-19-9-4-5-13-21(19)22/h1-6,9-14,23H,7-8,15-18H2. The van der Waals surface area contributed by atoms with Crippen LogP contribution in [0.25, 0.3) is 10.8 Å². The molecule has 0 amide bonds. The first-order chi connectivity index (χ1) is 13.1. The quantitative estimate of drug-likeness (QED) is 0.615. The van der Waals surface area contributed by atoms with Crippen LogP contribution in [0.2, 0.25) is 0 Å². The molecule has 0 aliphatic carbocycles. The molecule has 1 heterocycles. The van der Waals surface area contributed by atoms with Crippen LogP contribution in [0.4, 0.5) is 0 Å². The molecule has 0 radical (unpaired) electrons. The average Bonchev–Trinajstić information content (AvgIpc) is 3.16. The number of likely N-dealkylation sites (tertiary alicyclic amines) is 1. The molecule has 0 aromatic heterocycles. The molecule has 0 bridgehead atoms. The van der Waals surface area contributed by atoms with Gasteiger partial charge in [0, 0.05) is 6.04 Å². The van der Waals surface area contributed by atoms with Crippen molar-refractivity contribution in [2.45, 2.75) is 30.2 Å². The molecule has 1 fully saturated rings. The van der Waals surface area contributed by atoms with Gasteiger partial charge in [0.15, 0.2) is 9.84 Å². The van der Waals surface area contributed by atoms with Crippen LogP contribution in [-0.2, 0) is 9.84 Å². The van der Waals surface area contributed by atoms with E-state index in [-0.39, 0.29) is 5.75 Å². The van der Waals surface area contributed by atoms with E-state index in [4.69, 9.17) is 0 Å². The summed E-state index contributed by atoms with van der Waals surface area (Å²) in [4.78, 5) is 2.89. The topological polar surface area (TPSA) is 37.4 Å². The Bertz CT molecular complexity index is 1010. The number of hydrogen-bond acceptors (Lipinski definition) is 3. The normalized spacial score (nSPS) is 18.1. The Balaban J connectivity index is 1.46. The number of fused-ring (bicyclic) bond motifs is 1. The van der Waals surface area contributed by atoms with Gasteiger partial charge in [0.2, 0.25) is 0 Å². The third-order valence-electron chi connectivity index (χ3n) is 5.51. The van der Waals surface area contributed by atoms with Crippen LogP contribution in [0.15, 0.2) is 77.7 Å². The Labute approximate surface area is 161 Å². The molecular weight excluding hydrogens is 354 g/mol. The molecule has 0 N–H and O–H groups in total. The van der Waals surface area contributed by atoms with E-state index in [9.17, 15) is 8.42 Å². The molecule has 1 saturated heterocycles. The van der Waals surface area contributed by atoms with Gasteiger partial charge in [0.25, 0.3) is 0 Å². The van der Waals surface area contributed by atoms with Crippen molar-refractivity contribution in [3.8, 4) is 0 Å². The van der Waals surface area contributed by atoms with E-state index in [2.05, 4.69) is 47.4 Å². The van der Waals surface area contributed by atoms with Gasteiger partial charge in [0.1, 0.15) is 0 Å². The second-order valence-electron chi connectivity index (χ2n) is 7.25. The molecule has 27 heavy (non-hydrogen) atoms. The lowest BCUT2D eigenvalue weighted by Gasteiger charge is -2.26. The molecule has 1 aliphatic rings. The van der Waals surface area contributed by atoms with E-state index >= 15 is 0 Å². The smallest absolute Gasteiger partial charge is 0.178 e. The summed E-state index contributed by atoms with van der Waals surface area (Å²) in [6.45, 7) is 1.86. The van der Waals surface area contributed by atoms with E-state index < -0.39 is 9.84 Å². The molecule has 1 aliphatic heterocycles. The summed E-state index contributed by atoms with van der Waals surface area (Å²) in [6.07, 6.45) is 2.97. The minimum atomic E-state index is -3.20. The number of benzene rings is 3. The maximum absolute atomic E-state index is 12.5. The van der Waals surface area contributed by atoms with Crippen molar-refractivity contribution in [2.75, 3.05) is 18.8 Å². The molecule has 3 aromatic carbocycles. The molecule has 3 aromatic rings. The summed E-state index contributed by atoms with van der Waals surface area (Å²) in [6, 6.07) is 24.2. The van der Waals surface area contributed by atoms with Crippen LogP contribution >= 0.6 is 0 Å². The summed E-state index contributed by atoms with van der Waals surface area (Å²) in [7, 11) is -3.20. The van der Waals surface area contributed by atoms with Crippen molar-refractivity contribution in [2.24, 2.45) is 0 Å². The highest BCUT2D eigenvalue weighted by Crippen LogP contribution is 2.35. The summed E-state index contributed by atoms with van der Waals surface area (Å²) >= 11 is 0. The Morgan fingerprint density at radius 1 is 0.889 bits per heavy atom. The first kappa shape index (κ1) is 18.2. The maximum atomic E-state index is 12.5. The Morgan fingerprint density at radius 3 is 2.48 bits per heavy atom. The molecule has 4 rings (SSSR count). The minimum absolute atomic E-state index is 0.204. The lowest BCUT2D eigenvalue weighted by Crippen LogP contribution is -2.26. The largest absolute Gasteiger partial charge is 0.296 e. The van der Waals surface area contributed by atoms with Crippen LogP contribution in [0, 0.1) is 0 Å². The zero-order valence-corrected chi connectivity index (χ0v) is 16.2. The van der Waals surface area contributed by atoms with Crippen LogP contribution in [-0.4, -0.2) is 32.2 Å². The van der Waals surface area contributed by atoms with E-state index in [1.807, 2.05) is 6.07 Å². The molecule has 140 valence electrons. The first-order valence-corrected chi connectivity index (χ1v) is 11.3. The van der Waals surface area contributed by atoms with Gasteiger partial charge in [-0.1, -0.05) is 60.7 Å². The van der Waals surface area contributed by atoms with Crippen molar-refractivity contribution >= 4 is 20.6 Å². The molecule has 1 atom stereocenters. The van der Waals surface area contributed by atoms with Crippen molar-refractivity contribution in [1.82, 2.24) is 4.90 Å². The zero-order chi connectivity index (χ0) is 18.7. The van der Waals surface area contributed by atoms with Gasteiger partial charge in [-0.25, -0.2) is 8.42 Å². The fourth-order valence-electron chi connectivity index (χ4n) is 4.19. The predicted molar refractivity (Wildman–Crippen MR) is 111 cm³/mol. The minimum Gasteiger partial charge on any atom is -0.296 e. The monoisotopic (exact) mass is 379 g/mol. The number of sulfone groups is 1. The molecular formula is C23H25NO2S. The highest BCUT2D eigenvalue weighted by Gasteiger charge is 2.27. The predicted octanol–water partition coefficient (Wildman–Crippen LogP) is 4.84. The van der Waals surface area contributed by atoms with E-state index in [1.54, 1.807) is 24.3 Å². The number of nitrogens with zero attached hydrogens (tertiary/aromatic N) is 1. The van der Waals surface area contributed by atoms with Crippen LogP contribution in [0.1, 0.15) is 30.9 Å². The Hall–Kier alpha value is -2.17. The molecule has 0 saturated carbocycles. The van der Waals surface area contributed by atoms with Crippen LogP contribution in [0.3, 0.4) is 0 Å². The lowest BCUT2D eigenvalue weighted by molar-refractivity contribution is 0.259. The first-order valence-electron chi connectivity index (χ1n) is 9.65. The van der Waals surface area contributed by atoms with Gasteiger partial charge in [-0.2, -0.15) is 0 Å². The second-order valence-corrected chi connectivity index (χ2v) is 9.36. The van der Waals surface area contributed by atoms with Crippen molar-refractivity contribution in [1.29, 1.82) is 0 Å². The zero-order valence-electron chi connectivity index (χ0n) is 15.4. The van der Waals surface area contributed by atoms with Gasteiger partial charge in [0.05, 0.1) is 10.6 Å². The van der Waals surface area contributed by atoms with Gasteiger partial charge in [-0.05, 0) is 60.8 Å². The Morgan fingerprint density at radius 2 is 1.63 bits per heavy atom. The fraction of sp³-hybridized carbons (Fsp3) is 0.304. The SMILES string of the molecule is O=S(=O)(CCCN1CCCC1c1cccc2ccccc12)c1ccccc1. The van der Waals surface area contributed by atoms with Crippen molar-refractivity contribution in [3.05, 3.63) is 78.4 Å². The van der Waals surface area contributed by atoms with Gasteiger partial charge in [-0.15, -0.1) is 0 Å². The van der Waals surface area contributed by atoms with Gasteiger partial charge in [-0.3, -0.25) is 4.90 Å². The van der Waals surface area contributed by atoms with Gasteiger partial charge < -0.3 is 0 Å². The average molecular weight is 380 g/mol. The van der Waals surface area contributed by atoms with Crippen molar-refractivity contribution < 1.29 is 8.42 Å². The number of rotatable bonds is 6.